The fourth-order valence-electron chi connectivity index (χ4n) is 5.06. The Morgan fingerprint density at radius 2 is 1.94 bits per heavy atom. The molecule has 0 spiro atoms. The highest BCUT2D eigenvalue weighted by Crippen LogP contribution is 2.45. The van der Waals surface area contributed by atoms with Crippen LogP contribution in [0.25, 0.3) is 22.6 Å². The normalized spacial score (nSPS) is 18.2. The first kappa shape index (κ1) is 18.5. The first-order valence-electron chi connectivity index (χ1n) is 11.2. The van der Waals surface area contributed by atoms with Crippen molar-refractivity contribution in [1.29, 1.82) is 0 Å². The number of nitrogens with zero attached hydrogens (tertiary/aromatic N) is 5. The van der Waals surface area contributed by atoms with E-state index in [1.54, 1.807) is 16.7 Å². The van der Waals surface area contributed by atoms with Gasteiger partial charge in [-0.15, -0.1) is 0 Å². The molecule has 1 atom stereocenters. The van der Waals surface area contributed by atoms with Crippen molar-refractivity contribution in [3.63, 3.8) is 0 Å². The lowest BCUT2D eigenvalue weighted by molar-refractivity contribution is 0.481. The Hall–Kier alpha value is -3.28. The summed E-state index contributed by atoms with van der Waals surface area (Å²) in [6.45, 7) is 2.92. The third-order valence-corrected chi connectivity index (χ3v) is 6.77. The summed E-state index contributed by atoms with van der Waals surface area (Å²) in [4.78, 5) is 9.21. The molecule has 0 radical (unpaired) electrons. The lowest BCUT2D eigenvalue weighted by Crippen LogP contribution is -2.16. The molecule has 0 unspecified atom stereocenters. The standard InChI is InChI=1S/C25H26N6/c1-16-25(29-30-28-16)18-10-11-26-23(12-18)24-14-31(15-27-24)13-19-4-2-7-22-20(17-8-9-17)5-3-6-21(19)22/h3,5-6,10-12,14-15,17,19H,2,4,7-9,13H2,1H3,(H,28,29,30)/t19-/m1/s1. The Balaban J connectivity index is 1.26. The van der Waals surface area contributed by atoms with Crippen LogP contribution in [-0.4, -0.2) is 29.9 Å². The number of pyridine rings is 1. The molecule has 0 saturated heterocycles. The second-order valence-electron chi connectivity index (χ2n) is 8.92. The molecule has 3 heterocycles. The molecule has 31 heavy (non-hydrogen) atoms. The Bertz CT molecular complexity index is 1230. The molecule has 1 N–H and O–H groups in total. The van der Waals surface area contributed by atoms with Crippen LogP contribution in [0.2, 0.25) is 0 Å². The van der Waals surface area contributed by atoms with Crippen molar-refractivity contribution in [2.45, 2.75) is 57.4 Å². The van der Waals surface area contributed by atoms with Gasteiger partial charge >= 0.3 is 0 Å². The highest BCUT2D eigenvalue weighted by molar-refractivity contribution is 5.67. The molecule has 0 amide bonds. The largest absolute Gasteiger partial charge is 0.336 e. The minimum atomic E-state index is 0.557. The molecular formula is C25H26N6. The summed E-state index contributed by atoms with van der Waals surface area (Å²) in [6.07, 6.45) is 12.4. The van der Waals surface area contributed by atoms with Crippen molar-refractivity contribution in [2.24, 2.45) is 0 Å². The predicted molar refractivity (Wildman–Crippen MR) is 120 cm³/mol. The minimum absolute atomic E-state index is 0.557. The van der Waals surface area contributed by atoms with Crippen LogP contribution in [0.1, 0.15) is 59.9 Å². The second-order valence-corrected chi connectivity index (χ2v) is 8.92. The van der Waals surface area contributed by atoms with E-state index in [0.29, 0.717) is 5.92 Å². The van der Waals surface area contributed by atoms with Crippen LogP contribution < -0.4 is 0 Å². The van der Waals surface area contributed by atoms with E-state index in [9.17, 15) is 0 Å². The maximum absolute atomic E-state index is 4.67. The number of nitrogens with one attached hydrogen (secondary N) is 1. The number of H-pyrrole nitrogens is 1. The van der Waals surface area contributed by atoms with Gasteiger partial charge in [-0.1, -0.05) is 18.2 Å². The van der Waals surface area contributed by atoms with Gasteiger partial charge in [-0.3, -0.25) is 4.98 Å². The van der Waals surface area contributed by atoms with Crippen LogP contribution in [0.15, 0.2) is 49.1 Å². The van der Waals surface area contributed by atoms with Crippen LogP contribution >= 0.6 is 0 Å². The number of rotatable bonds is 5. The van der Waals surface area contributed by atoms with Crippen LogP contribution in [0, 0.1) is 6.92 Å². The zero-order valence-corrected chi connectivity index (χ0v) is 17.8. The summed E-state index contributed by atoms with van der Waals surface area (Å²) in [5, 5.41) is 11.1. The van der Waals surface area contributed by atoms with Crippen molar-refractivity contribution in [3.05, 3.63) is 71.4 Å². The molecule has 6 rings (SSSR count). The number of aromatic nitrogens is 6. The molecule has 1 fully saturated rings. The zero-order valence-electron chi connectivity index (χ0n) is 17.8. The monoisotopic (exact) mass is 410 g/mol. The SMILES string of the molecule is Cc1n[nH]nc1-c1ccnc(-c2cn(C[C@H]3CCCc4c(C5CC5)cccc43)cn2)c1. The molecule has 3 aromatic heterocycles. The van der Waals surface area contributed by atoms with Gasteiger partial charge in [-0.25, -0.2) is 4.98 Å². The first-order chi connectivity index (χ1) is 15.3. The van der Waals surface area contributed by atoms with E-state index in [2.05, 4.69) is 54.3 Å². The molecule has 6 nitrogen and oxygen atoms in total. The number of fused-ring (bicyclic) bond motifs is 1. The summed E-state index contributed by atoms with van der Waals surface area (Å²) >= 11 is 0. The van der Waals surface area contributed by atoms with E-state index < -0.39 is 0 Å². The van der Waals surface area contributed by atoms with Crippen LogP contribution in [0.3, 0.4) is 0 Å². The fraction of sp³-hybridized carbons (Fsp3) is 0.360. The number of hydrogen-bond acceptors (Lipinski definition) is 4. The summed E-state index contributed by atoms with van der Waals surface area (Å²) in [7, 11) is 0. The Morgan fingerprint density at radius 3 is 2.77 bits per heavy atom. The van der Waals surface area contributed by atoms with Gasteiger partial charge in [0.05, 0.1) is 17.7 Å². The number of aryl methyl sites for hydroxylation is 1. The summed E-state index contributed by atoms with van der Waals surface area (Å²) in [6, 6.07) is 11.0. The number of aromatic amines is 1. The fourth-order valence-corrected chi connectivity index (χ4v) is 5.06. The third kappa shape index (κ3) is 3.46. The van der Waals surface area contributed by atoms with Crippen LogP contribution in [0.4, 0.5) is 0 Å². The van der Waals surface area contributed by atoms with E-state index in [1.165, 1.54) is 32.1 Å². The van der Waals surface area contributed by atoms with Gasteiger partial charge in [0, 0.05) is 30.4 Å². The smallest absolute Gasteiger partial charge is 0.115 e. The van der Waals surface area contributed by atoms with Crippen molar-refractivity contribution in [3.8, 4) is 22.6 Å². The van der Waals surface area contributed by atoms with Gasteiger partial charge in [-0.2, -0.15) is 15.4 Å². The molecule has 2 aliphatic rings. The summed E-state index contributed by atoms with van der Waals surface area (Å²) in [5.41, 5.74) is 9.31. The van der Waals surface area contributed by atoms with Gasteiger partial charge in [0.1, 0.15) is 11.4 Å². The van der Waals surface area contributed by atoms with Crippen LogP contribution in [0.5, 0.6) is 0 Å². The predicted octanol–water partition coefficient (Wildman–Crippen LogP) is 5.04. The number of benzene rings is 1. The molecule has 0 bridgehead atoms. The average molecular weight is 411 g/mol. The van der Waals surface area contributed by atoms with Crippen molar-refractivity contribution < 1.29 is 0 Å². The van der Waals surface area contributed by atoms with Gasteiger partial charge in [0.15, 0.2) is 0 Å². The molecule has 1 aromatic carbocycles. The maximum Gasteiger partial charge on any atom is 0.115 e. The highest BCUT2D eigenvalue weighted by Gasteiger charge is 2.30. The molecule has 1 saturated carbocycles. The lowest BCUT2D eigenvalue weighted by Gasteiger charge is -2.28. The molecule has 0 aliphatic heterocycles. The van der Waals surface area contributed by atoms with Gasteiger partial charge in [0.25, 0.3) is 0 Å². The Kier molecular flexibility index (Phi) is 4.44. The van der Waals surface area contributed by atoms with Crippen LogP contribution in [-0.2, 0) is 13.0 Å². The molecule has 4 aromatic rings. The molecule has 156 valence electrons. The topological polar surface area (TPSA) is 72.3 Å². The quantitative estimate of drug-likeness (QED) is 0.500. The van der Waals surface area contributed by atoms with E-state index in [0.717, 1.165) is 40.8 Å². The van der Waals surface area contributed by atoms with Gasteiger partial charge < -0.3 is 4.57 Å². The number of imidazole rings is 1. The van der Waals surface area contributed by atoms with E-state index in [-0.39, 0.29) is 0 Å². The molecule has 6 heteroatoms. The van der Waals surface area contributed by atoms with Gasteiger partial charge in [0.2, 0.25) is 0 Å². The minimum Gasteiger partial charge on any atom is -0.336 e. The Labute approximate surface area is 181 Å². The third-order valence-electron chi connectivity index (χ3n) is 6.77. The van der Waals surface area contributed by atoms with Crippen molar-refractivity contribution in [1.82, 2.24) is 29.9 Å². The van der Waals surface area contributed by atoms with Gasteiger partial charge in [-0.05, 0) is 73.8 Å². The van der Waals surface area contributed by atoms with E-state index >= 15 is 0 Å². The first-order valence-corrected chi connectivity index (χ1v) is 11.2. The van der Waals surface area contributed by atoms with E-state index in [4.69, 9.17) is 0 Å². The Morgan fingerprint density at radius 1 is 1.03 bits per heavy atom. The molecular weight excluding hydrogens is 384 g/mol. The summed E-state index contributed by atoms with van der Waals surface area (Å²) < 4.78 is 2.23. The number of hydrogen-bond donors (Lipinski definition) is 1. The average Bonchev–Trinajstić information content (AvgIpc) is 3.39. The summed E-state index contributed by atoms with van der Waals surface area (Å²) in [5.74, 6) is 1.38. The molecule has 2 aliphatic carbocycles. The zero-order chi connectivity index (χ0) is 20.8. The second kappa shape index (κ2) is 7.45. The highest BCUT2D eigenvalue weighted by atomic mass is 15.3. The van der Waals surface area contributed by atoms with E-state index in [1.807, 2.05) is 31.6 Å². The van der Waals surface area contributed by atoms with Crippen molar-refractivity contribution in [2.75, 3.05) is 0 Å². The maximum atomic E-state index is 4.67. The lowest BCUT2D eigenvalue weighted by atomic mass is 9.80. The van der Waals surface area contributed by atoms with Crippen molar-refractivity contribution >= 4 is 0 Å².